The van der Waals surface area contributed by atoms with Crippen molar-refractivity contribution in [3.05, 3.63) is 0 Å². The van der Waals surface area contributed by atoms with Crippen LogP contribution in [0.15, 0.2) is 0 Å². The van der Waals surface area contributed by atoms with E-state index >= 15 is 0 Å². The summed E-state index contributed by atoms with van der Waals surface area (Å²) < 4.78 is 11.7. The maximum atomic E-state index is 6.16. The molecular weight excluding hydrogens is 264 g/mol. The lowest BCUT2D eigenvalue weighted by Gasteiger charge is -2.45. The number of ether oxygens (including phenoxy) is 2. The van der Waals surface area contributed by atoms with Gasteiger partial charge in [-0.3, -0.25) is 0 Å². The fourth-order valence-electron chi connectivity index (χ4n) is 4.18. The van der Waals surface area contributed by atoms with Crippen LogP contribution in [-0.2, 0) is 9.47 Å². The van der Waals surface area contributed by atoms with Gasteiger partial charge in [0, 0.05) is 31.9 Å². The van der Waals surface area contributed by atoms with E-state index in [0.29, 0.717) is 6.04 Å². The molecule has 1 N–H and O–H groups in total. The number of nitrogens with zero attached hydrogens (tertiary/aromatic N) is 1. The molecule has 0 bridgehead atoms. The van der Waals surface area contributed by atoms with E-state index in [1.807, 2.05) is 0 Å². The molecule has 4 nitrogen and oxygen atoms in total. The van der Waals surface area contributed by atoms with Gasteiger partial charge in [0.05, 0.1) is 5.60 Å². The van der Waals surface area contributed by atoms with E-state index in [-0.39, 0.29) is 5.60 Å². The first-order valence-corrected chi connectivity index (χ1v) is 8.93. The lowest BCUT2D eigenvalue weighted by Crippen LogP contribution is -2.50. The molecule has 0 aromatic carbocycles. The molecular formula is C17H32N2O2. The fourth-order valence-corrected chi connectivity index (χ4v) is 4.18. The maximum absolute atomic E-state index is 6.16. The van der Waals surface area contributed by atoms with Crippen LogP contribution >= 0.6 is 0 Å². The molecule has 3 heterocycles. The van der Waals surface area contributed by atoms with Gasteiger partial charge >= 0.3 is 0 Å². The first kappa shape index (κ1) is 15.7. The standard InChI is InChI=1S/C17H32N2O2/c1-19(10-5-15-4-2-3-9-18-15)16-6-11-21-17(14-16)7-12-20-13-8-17/h15-16,18H,2-14H2,1H3. The third-order valence-electron chi connectivity index (χ3n) is 5.74. The molecule has 4 heteroatoms. The predicted octanol–water partition coefficient (Wildman–Crippen LogP) is 2.18. The number of hydrogen-bond donors (Lipinski definition) is 1. The van der Waals surface area contributed by atoms with Gasteiger partial charge in [-0.15, -0.1) is 0 Å². The molecule has 0 saturated carbocycles. The Bertz CT molecular complexity index is 306. The first-order valence-electron chi connectivity index (χ1n) is 8.93. The van der Waals surface area contributed by atoms with E-state index in [4.69, 9.17) is 9.47 Å². The van der Waals surface area contributed by atoms with Crippen molar-refractivity contribution in [3.8, 4) is 0 Å². The van der Waals surface area contributed by atoms with E-state index in [9.17, 15) is 0 Å². The second kappa shape index (κ2) is 7.40. The van der Waals surface area contributed by atoms with Crippen LogP contribution in [0.1, 0.15) is 51.4 Å². The van der Waals surface area contributed by atoms with Crippen molar-refractivity contribution in [2.24, 2.45) is 0 Å². The topological polar surface area (TPSA) is 33.7 Å². The lowest BCUT2D eigenvalue weighted by molar-refractivity contribution is -0.149. The number of rotatable bonds is 4. The Labute approximate surface area is 129 Å². The maximum Gasteiger partial charge on any atom is 0.0741 e. The third-order valence-corrected chi connectivity index (χ3v) is 5.74. The molecule has 0 aliphatic carbocycles. The summed E-state index contributed by atoms with van der Waals surface area (Å²) in [5.41, 5.74) is 0.124. The van der Waals surface area contributed by atoms with Gasteiger partial charge < -0.3 is 19.7 Å². The highest BCUT2D eigenvalue weighted by Crippen LogP contribution is 2.35. The Hall–Kier alpha value is -0.160. The van der Waals surface area contributed by atoms with Crippen molar-refractivity contribution in [2.75, 3.05) is 40.0 Å². The predicted molar refractivity (Wildman–Crippen MR) is 84.6 cm³/mol. The van der Waals surface area contributed by atoms with Crippen molar-refractivity contribution < 1.29 is 9.47 Å². The van der Waals surface area contributed by atoms with Crippen LogP contribution < -0.4 is 5.32 Å². The highest BCUT2D eigenvalue weighted by molar-refractivity contribution is 4.92. The van der Waals surface area contributed by atoms with Gasteiger partial charge in [-0.05, 0) is 65.1 Å². The van der Waals surface area contributed by atoms with Crippen LogP contribution in [-0.4, -0.2) is 62.5 Å². The van der Waals surface area contributed by atoms with E-state index in [1.54, 1.807) is 0 Å². The summed E-state index contributed by atoms with van der Waals surface area (Å²) >= 11 is 0. The van der Waals surface area contributed by atoms with Gasteiger partial charge in [0.1, 0.15) is 0 Å². The molecule has 0 aromatic heterocycles. The van der Waals surface area contributed by atoms with Gasteiger partial charge in [-0.1, -0.05) is 6.42 Å². The average molecular weight is 296 g/mol. The molecule has 3 aliphatic heterocycles. The van der Waals surface area contributed by atoms with Crippen LogP contribution in [0, 0.1) is 0 Å². The van der Waals surface area contributed by atoms with Crippen molar-refractivity contribution in [1.29, 1.82) is 0 Å². The molecule has 2 atom stereocenters. The molecule has 3 fully saturated rings. The van der Waals surface area contributed by atoms with Crippen LogP contribution in [0.4, 0.5) is 0 Å². The van der Waals surface area contributed by atoms with Gasteiger partial charge in [0.25, 0.3) is 0 Å². The molecule has 0 amide bonds. The molecule has 3 saturated heterocycles. The summed E-state index contributed by atoms with van der Waals surface area (Å²) in [6.07, 6.45) is 9.98. The summed E-state index contributed by atoms with van der Waals surface area (Å²) in [5, 5.41) is 3.67. The van der Waals surface area contributed by atoms with Crippen molar-refractivity contribution in [1.82, 2.24) is 10.2 Å². The monoisotopic (exact) mass is 296 g/mol. The normalized spacial score (nSPS) is 33.4. The lowest BCUT2D eigenvalue weighted by atomic mass is 9.83. The van der Waals surface area contributed by atoms with Crippen LogP contribution in [0.2, 0.25) is 0 Å². The van der Waals surface area contributed by atoms with Crippen LogP contribution in [0.5, 0.6) is 0 Å². The van der Waals surface area contributed by atoms with Crippen molar-refractivity contribution in [3.63, 3.8) is 0 Å². The van der Waals surface area contributed by atoms with Gasteiger partial charge in [0.2, 0.25) is 0 Å². The van der Waals surface area contributed by atoms with Crippen molar-refractivity contribution >= 4 is 0 Å². The second-order valence-corrected chi connectivity index (χ2v) is 7.21. The fraction of sp³-hybridized carbons (Fsp3) is 1.00. The summed E-state index contributed by atoms with van der Waals surface area (Å²) in [7, 11) is 2.31. The largest absolute Gasteiger partial charge is 0.381 e. The summed E-state index contributed by atoms with van der Waals surface area (Å²) in [6, 6.07) is 1.44. The zero-order valence-electron chi connectivity index (χ0n) is 13.6. The summed E-state index contributed by atoms with van der Waals surface area (Å²) in [4.78, 5) is 2.59. The number of piperidine rings is 1. The Kier molecular flexibility index (Phi) is 5.54. The molecule has 2 unspecified atom stereocenters. The van der Waals surface area contributed by atoms with E-state index in [2.05, 4.69) is 17.3 Å². The minimum atomic E-state index is 0.124. The molecule has 0 radical (unpaired) electrons. The molecule has 122 valence electrons. The van der Waals surface area contributed by atoms with Gasteiger partial charge in [-0.25, -0.2) is 0 Å². The molecule has 3 rings (SSSR count). The third kappa shape index (κ3) is 4.19. The Morgan fingerprint density at radius 1 is 1.14 bits per heavy atom. The Morgan fingerprint density at radius 2 is 2.00 bits per heavy atom. The van der Waals surface area contributed by atoms with E-state index in [0.717, 1.165) is 38.7 Å². The summed E-state index contributed by atoms with van der Waals surface area (Å²) in [5.74, 6) is 0. The zero-order chi connectivity index (χ0) is 14.5. The molecule has 3 aliphatic rings. The number of hydrogen-bond acceptors (Lipinski definition) is 4. The second-order valence-electron chi connectivity index (χ2n) is 7.21. The molecule has 21 heavy (non-hydrogen) atoms. The van der Waals surface area contributed by atoms with Gasteiger partial charge in [0.15, 0.2) is 0 Å². The Balaban J connectivity index is 1.46. The quantitative estimate of drug-likeness (QED) is 0.862. The summed E-state index contributed by atoms with van der Waals surface area (Å²) in [6.45, 7) is 5.12. The molecule has 1 spiro atoms. The Morgan fingerprint density at radius 3 is 2.76 bits per heavy atom. The van der Waals surface area contributed by atoms with Crippen LogP contribution in [0.3, 0.4) is 0 Å². The minimum absolute atomic E-state index is 0.124. The van der Waals surface area contributed by atoms with E-state index < -0.39 is 0 Å². The first-order chi connectivity index (χ1) is 10.3. The number of nitrogens with one attached hydrogen (secondary N) is 1. The highest BCUT2D eigenvalue weighted by Gasteiger charge is 2.40. The smallest absolute Gasteiger partial charge is 0.0741 e. The van der Waals surface area contributed by atoms with E-state index in [1.165, 1.54) is 51.6 Å². The van der Waals surface area contributed by atoms with Crippen molar-refractivity contribution in [2.45, 2.75) is 69.1 Å². The highest BCUT2D eigenvalue weighted by atomic mass is 16.5. The minimum Gasteiger partial charge on any atom is -0.381 e. The van der Waals surface area contributed by atoms with Crippen LogP contribution in [0.25, 0.3) is 0 Å². The SMILES string of the molecule is CN(CCC1CCCCN1)C1CCOC2(CCOCC2)C1. The average Bonchev–Trinajstić information content (AvgIpc) is 2.54. The van der Waals surface area contributed by atoms with Gasteiger partial charge in [-0.2, -0.15) is 0 Å². The zero-order valence-corrected chi connectivity index (χ0v) is 13.6. The molecule has 0 aromatic rings.